The van der Waals surface area contributed by atoms with Crippen LogP contribution in [0.2, 0.25) is 0 Å². The lowest BCUT2D eigenvalue weighted by Crippen LogP contribution is -2.41. The molecule has 1 N–H and O–H groups in total. The topological polar surface area (TPSA) is 61.8 Å². The number of rotatable bonds is 5. The van der Waals surface area contributed by atoms with Gasteiger partial charge in [-0.05, 0) is 48.4 Å². The molecule has 1 aromatic carbocycles. The Hall–Kier alpha value is -2.43. The molecule has 5 nitrogen and oxygen atoms in total. The molecule has 1 heterocycles. The van der Waals surface area contributed by atoms with E-state index in [9.17, 15) is 9.59 Å². The van der Waals surface area contributed by atoms with Crippen molar-refractivity contribution in [1.29, 1.82) is 0 Å². The van der Waals surface area contributed by atoms with Crippen molar-refractivity contribution in [2.45, 2.75) is 58.7 Å². The molecule has 0 radical (unpaired) electrons. The molecule has 3 rings (SSSR count). The molecule has 0 bridgehead atoms. The van der Waals surface area contributed by atoms with Gasteiger partial charge >= 0.3 is 0 Å². The van der Waals surface area contributed by atoms with Crippen molar-refractivity contribution in [2.75, 3.05) is 7.05 Å². The minimum absolute atomic E-state index is 0.0112. The SMILES string of the molecule is C=C1CC12N=C(C)C(=O)N2C(CCC(C)(C)C)c1ccc(C(=O)NC)cc1. The van der Waals surface area contributed by atoms with Gasteiger partial charge in [0.1, 0.15) is 0 Å². The van der Waals surface area contributed by atoms with Gasteiger partial charge in [-0.1, -0.05) is 39.5 Å². The number of benzene rings is 1. The summed E-state index contributed by atoms with van der Waals surface area (Å²) in [5, 5.41) is 2.64. The molecular weight excluding hydrogens is 338 g/mol. The van der Waals surface area contributed by atoms with Crippen LogP contribution in [-0.4, -0.2) is 35.1 Å². The third kappa shape index (κ3) is 3.55. The number of nitrogens with one attached hydrogen (secondary N) is 1. The van der Waals surface area contributed by atoms with Crippen LogP contribution in [0.25, 0.3) is 0 Å². The zero-order chi connectivity index (χ0) is 20.0. The Morgan fingerprint density at radius 1 is 1.33 bits per heavy atom. The first kappa shape index (κ1) is 19.3. The molecule has 1 spiro atoms. The van der Waals surface area contributed by atoms with Gasteiger partial charge in [-0.2, -0.15) is 0 Å². The molecule has 0 aromatic heterocycles. The quantitative estimate of drug-likeness (QED) is 0.803. The van der Waals surface area contributed by atoms with Gasteiger partial charge in [0, 0.05) is 19.0 Å². The van der Waals surface area contributed by atoms with Gasteiger partial charge in [-0.3, -0.25) is 14.6 Å². The smallest absolute Gasteiger partial charge is 0.270 e. The van der Waals surface area contributed by atoms with E-state index in [1.807, 2.05) is 29.2 Å². The zero-order valence-corrected chi connectivity index (χ0v) is 16.9. The van der Waals surface area contributed by atoms with Gasteiger partial charge in [-0.15, -0.1) is 0 Å². The molecule has 27 heavy (non-hydrogen) atoms. The van der Waals surface area contributed by atoms with Gasteiger partial charge in [0.25, 0.3) is 11.8 Å². The monoisotopic (exact) mass is 367 g/mol. The van der Waals surface area contributed by atoms with E-state index in [1.54, 1.807) is 14.0 Å². The lowest BCUT2D eigenvalue weighted by Gasteiger charge is -2.34. The lowest BCUT2D eigenvalue weighted by atomic mass is 9.86. The predicted molar refractivity (Wildman–Crippen MR) is 108 cm³/mol. The molecule has 2 atom stereocenters. The molecule has 1 saturated carbocycles. The molecule has 5 heteroatoms. The van der Waals surface area contributed by atoms with E-state index >= 15 is 0 Å². The highest BCUT2D eigenvalue weighted by molar-refractivity contribution is 6.40. The van der Waals surface area contributed by atoms with Crippen LogP contribution < -0.4 is 5.32 Å². The average molecular weight is 367 g/mol. The number of carbonyl (C=O) groups is 2. The van der Waals surface area contributed by atoms with Crippen molar-refractivity contribution in [3.05, 3.63) is 47.5 Å². The number of carbonyl (C=O) groups excluding carboxylic acids is 2. The van der Waals surface area contributed by atoms with Crippen molar-refractivity contribution in [3.63, 3.8) is 0 Å². The number of amides is 2. The van der Waals surface area contributed by atoms with Crippen LogP contribution in [-0.2, 0) is 4.79 Å². The second kappa shape index (κ2) is 6.63. The first-order valence-corrected chi connectivity index (χ1v) is 9.49. The third-order valence-electron chi connectivity index (χ3n) is 5.44. The fourth-order valence-electron chi connectivity index (χ4n) is 3.76. The third-order valence-corrected chi connectivity index (χ3v) is 5.44. The van der Waals surface area contributed by atoms with Gasteiger partial charge in [0.05, 0.1) is 11.8 Å². The van der Waals surface area contributed by atoms with E-state index in [0.29, 0.717) is 11.3 Å². The highest BCUT2D eigenvalue weighted by atomic mass is 16.2. The summed E-state index contributed by atoms with van der Waals surface area (Å²) in [4.78, 5) is 31.4. The minimum Gasteiger partial charge on any atom is -0.355 e. The fraction of sp³-hybridized carbons (Fsp3) is 0.500. The van der Waals surface area contributed by atoms with Crippen molar-refractivity contribution >= 4 is 17.5 Å². The van der Waals surface area contributed by atoms with Crippen LogP contribution in [0.5, 0.6) is 0 Å². The van der Waals surface area contributed by atoms with Crippen LogP contribution >= 0.6 is 0 Å². The standard InChI is InChI=1S/C22H29N3O2/c1-14-13-22(14)24-15(2)20(27)25(22)18(11-12-21(3,4)5)16-7-9-17(10-8-16)19(26)23-6/h7-10,18H,1,11-13H2,2-6H3,(H,23,26). The van der Waals surface area contributed by atoms with E-state index < -0.39 is 5.66 Å². The molecule has 2 amide bonds. The van der Waals surface area contributed by atoms with E-state index in [1.165, 1.54) is 0 Å². The highest BCUT2D eigenvalue weighted by Crippen LogP contribution is 2.55. The van der Waals surface area contributed by atoms with Gasteiger partial charge < -0.3 is 10.2 Å². The van der Waals surface area contributed by atoms with Crippen molar-refractivity contribution < 1.29 is 9.59 Å². The number of hydrogen-bond donors (Lipinski definition) is 1. The summed E-state index contributed by atoms with van der Waals surface area (Å²) >= 11 is 0. The van der Waals surface area contributed by atoms with E-state index in [0.717, 1.165) is 30.4 Å². The summed E-state index contributed by atoms with van der Waals surface area (Å²) in [6.07, 6.45) is 2.55. The Labute approximate surface area is 161 Å². The summed E-state index contributed by atoms with van der Waals surface area (Å²) in [6, 6.07) is 7.47. The normalized spacial score (nSPS) is 22.9. The number of hydrogen-bond acceptors (Lipinski definition) is 3. The van der Waals surface area contributed by atoms with Crippen molar-refractivity contribution in [2.24, 2.45) is 10.4 Å². The van der Waals surface area contributed by atoms with Gasteiger partial charge in [0.2, 0.25) is 0 Å². The van der Waals surface area contributed by atoms with Crippen LogP contribution in [0.1, 0.15) is 68.9 Å². The van der Waals surface area contributed by atoms with E-state index in [2.05, 4.69) is 37.7 Å². The fourth-order valence-corrected chi connectivity index (χ4v) is 3.76. The van der Waals surface area contributed by atoms with E-state index in [4.69, 9.17) is 0 Å². The second-order valence-corrected chi connectivity index (χ2v) is 8.79. The molecule has 2 unspecified atom stereocenters. The van der Waals surface area contributed by atoms with Gasteiger partial charge in [-0.25, -0.2) is 0 Å². The van der Waals surface area contributed by atoms with Crippen LogP contribution in [0.15, 0.2) is 41.4 Å². The van der Waals surface area contributed by atoms with Crippen LogP contribution in [0.3, 0.4) is 0 Å². The highest BCUT2D eigenvalue weighted by Gasteiger charge is 2.60. The zero-order valence-electron chi connectivity index (χ0n) is 16.9. The Bertz CT molecular complexity index is 817. The Morgan fingerprint density at radius 2 is 1.93 bits per heavy atom. The Balaban J connectivity index is 1.96. The van der Waals surface area contributed by atoms with Crippen LogP contribution in [0.4, 0.5) is 0 Å². The summed E-state index contributed by atoms with van der Waals surface area (Å²) in [5.74, 6) is -0.126. The Morgan fingerprint density at radius 3 is 2.41 bits per heavy atom. The maximum Gasteiger partial charge on any atom is 0.270 e. The maximum absolute atomic E-state index is 13.0. The first-order valence-electron chi connectivity index (χ1n) is 9.49. The molecule has 144 valence electrons. The molecule has 2 aliphatic rings. The largest absolute Gasteiger partial charge is 0.355 e. The lowest BCUT2D eigenvalue weighted by molar-refractivity contribution is -0.128. The van der Waals surface area contributed by atoms with Crippen molar-refractivity contribution in [3.8, 4) is 0 Å². The molecule has 0 saturated heterocycles. The molecule has 1 aliphatic carbocycles. The number of nitrogens with zero attached hydrogens (tertiary/aromatic N) is 2. The first-order chi connectivity index (χ1) is 12.6. The Kier molecular flexibility index (Phi) is 4.74. The molecule has 1 fully saturated rings. The van der Waals surface area contributed by atoms with Crippen LogP contribution in [0, 0.1) is 5.41 Å². The van der Waals surface area contributed by atoms with Gasteiger partial charge in [0.15, 0.2) is 5.66 Å². The minimum atomic E-state index is -0.552. The average Bonchev–Trinajstić information content (AvgIpc) is 3.18. The summed E-state index contributed by atoms with van der Waals surface area (Å²) < 4.78 is 0. The molecular formula is C22H29N3O2. The molecule has 1 aliphatic heterocycles. The molecule has 1 aromatic rings. The second-order valence-electron chi connectivity index (χ2n) is 8.79. The van der Waals surface area contributed by atoms with E-state index in [-0.39, 0.29) is 23.3 Å². The number of aliphatic imine (C=N–C) groups is 1. The van der Waals surface area contributed by atoms with Crippen molar-refractivity contribution in [1.82, 2.24) is 10.2 Å². The predicted octanol–water partition coefficient (Wildman–Crippen LogP) is 3.87. The summed E-state index contributed by atoms with van der Waals surface area (Å²) in [6.45, 7) is 12.5. The maximum atomic E-state index is 13.0. The summed E-state index contributed by atoms with van der Waals surface area (Å²) in [5.41, 5.74) is 2.80. The summed E-state index contributed by atoms with van der Waals surface area (Å²) in [7, 11) is 1.62.